The third-order valence-corrected chi connectivity index (χ3v) is 2.50. The maximum atomic E-state index is 11.9. The number of nitrogens with one attached hydrogen (secondary N) is 2. The van der Waals surface area contributed by atoms with Gasteiger partial charge in [0.15, 0.2) is 0 Å². The van der Waals surface area contributed by atoms with E-state index in [0.717, 1.165) is 5.69 Å². The summed E-state index contributed by atoms with van der Waals surface area (Å²) in [4.78, 5) is 16.0. The highest BCUT2D eigenvalue weighted by molar-refractivity contribution is 6.00. The molecule has 0 unspecified atom stereocenters. The van der Waals surface area contributed by atoms with E-state index in [0.29, 0.717) is 11.6 Å². The summed E-state index contributed by atoms with van der Waals surface area (Å²) in [6, 6.07) is 1.79. The summed E-state index contributed by atoms with van der Waals surface area (Å²) in [6.07, 6.45) is 0. The standard InChI is InChI=1S/C11H16N6O/c1-6(2)9-13-10(15-14-9)11(18)12-8-5-7(3)16-17(8)4/h5-6H,1-4H3,(H,12,18)(H,13,14,15). The van der Waals surface area contributed by atoms with Crippen molar-refractivity contribution in [3.8, 4) is 0 Å². The van der Waals surface area contributed by atoms with Gasteiger partial charge in [-0.15, -0.1) is 5.10 Å². The maximum absolute atomic E-state index is 11.9. The molecular weight excluding hydrogens is 232 g/mol. The van der Waals surface area contributed by atoms with E-state index in [-0.39, 0.29) is 17.6 Å². The first-order valence-corrected chi connectivity index (χ1v) is 5.71. The second-order valence-electron chi connectivity index (χ2n) is 4.45. The molecule has 0 spiro atoms. The summed E-state index contributed by atoms with van der Waals surface area (Å²) in [7, 11) is 1.76. The first-order valence-electron chi connectivity index (χ1n) is 5.71. The first-order chi connectivity index (χ1) is 8.47. The Kier molecular flexibility index (Phi) is 3.14. The molecule has 0 atom stereocenters. The van der Waals surface area contributed by atoms with Crippen molar-refractivity contribution in [1.29, 1.82) is 0 Å². The quantitative estimate of drug-likeness (QED) is 0.854. The SMILES string of the molecule is Cc1cc(NC(=O)c2n[nH]c(C(C)C)n2)n(C)n1. The summed E-state index contributed by atoms with van der Waals surface area (Å²) >= 11 is 0. The highest BCUT2D eigenvalue weighted by Gasteiger charge is 2.15. The molecule has 2 aromatic heterocycles. The summed E-state index contributed by atoms with van der Waals surface area (Å²) in [5.41, 5.74) is 0.839. The van der Waals surface area contributed by atoms with E-state index in [1.165, 1.54) is 0 Å². The Morgan fingerprint density at radius 1 is 1.50 bits per heavy atom. The summed E-state index contributed by atoms with van der Waals surface area (Å²) in [5, 5.41) is 13.5. The largest absolute Gasteiger partial charge is 0.304 e. The van der Waals surface area contributed by atoms with E-state index in [1.807, 2.05) is 20.8 Å². The van der Waals surface area contributed by atoms with Gasteiger partial charge < -0.3 is 5.32 Å². The van der Waals surface area contributed by atoms with Gasteiger partial charge >= 0.3 is 0 Å². The van der Waals surface area contributed by atoms with Gasteiger partial charge in [0, 0.05) is 19.0 Å². The number of aryl methyl sites for hydroxylation is 2. The molecule has 2 rings (SSSR count). The predicted octanol–water partition coefficient (Wildman–Crippen LogP) is 1.22. The van der Waals surface area contributed by atoms with Crippen molar-refractivity contribution >= 4 is 11.7 Å². The minimum atomic E-state index is -0.346. The van der Waals surface area contributed by atoms with Crippen LogP contribution >= 0.6 is 0 Å². The van der Waals surface area contributed by atoms with Crippen LogP contribution in [0.3, 0.4) is 0 Å². The van der Waals surface area contributed by atoms with Crippen LogP contribution in [0.15, 0.2) is 6.07 Å². The van der Waals surface area contributed by atoms with Crippen LogP contribution in [0, 0.1) is 6.92 Å². The number of carbonyl (C=O) groups excluding carboxylic acids is 1. The fourth-order valence-corrected chi connectivity index (χ4v) is 1.53. The van der Waals surface area contributed by atoms with Crippen LogP contribution in [0.4, 0.5) is 5.82 Å². The van der Waals surface area contributed by atoms with Crippen LogP contribution in [0.2, 0.25) is 0 Å². The molecule has 0 saturated heterocycles. The second kappa shape index (κ2) is 4.59. The number of rotatable bonds is 3. The Morgan fingerprint density at radius 3 is 2.72 bits per heavy atom. The Bertz CT molecular complexity index is 568. The number of carbonyl (C=O) groups is 1. The highest BCUT2D eigenvalue weighted by Crippen LogP contribution is 2.11. The minimum Gasteiger partial charge on any atom is -0.304 e. The number of anilines is 1. The van der Waals surface area contributed by atoms with Crippen LogP contribution in [-0.4, -0.2) is 30.9 Å². The first kappa shape index (κ1) is 12.3. The van der Waals surface area contributed by atoms with E-state index in [4.69, 9.17) is 0 Å². The van der Waals surface area contributed by atoms with Gasteiger partial charge in [0.2, 0.25) is 5.82 Å². The Balaban J connectivity index is 2.14. The van der Waals surface area contributed by atoms with Gasteiger partial charge in [-0.25, -0.2) is 4.98 Å². The molecule has 7 nitrogen and oxygen atoms in total. The van der Waals surface area contributed by atoms with E-state index in [9.17, 15) is 4.79 Å². The molecular formula is C11H16N6O. The average Bonchev–Trinajstić information content (AvgIpc) is 2.86. The van der Waals surface area contributed by atoms with Crippen LogP contribution in [0.5, 0.6) is 0 Å². The molecule has 0 fully saturated rings. The summed E-state index contributed by atoms with van der Waals surface area (Å²) in [5.74, 6) is 1.31. The van der Waals surface area contributed by atoms with E-state index in [2.05, 4.69) is 25.6 Å². The number of hydrogen-bond acceptors (Lipinski definition) is 4. The minimum absolute atomic E-state index is 0.137. The van der Waals surface area contributed by atoms with Gasteiger partial charge in [-0.1, -0.05) is 13.8 Å². The Morgan fingerprint density at radius 2 is 2.22 bits per heavy atom. The average molecular weight is 248 g/mol. The molecule has 2 aromatic rings. The van der Waals surface area contributed by atoms with Gasteiger partial charge in [-0.2, -0.15) is 5.10 Å². The fraction of sp³-hybridized carbons (Fsp3) is 0.455. The number of nitrogens with zero attached hydrogens (tertiary/aromatic N) is 4. The molecule has 0 bridgehead atoms. The van der Waals surface area contributed by atoms with Gasteiger partial charge in [0.25, 0.3) is 5.91 Å². The third-order valence-electron chi connectivity index (χ3n) is 2.50. The lowest BCUT2D eigenvalue weighted by molar-refractivity contribution is 0.101. The third kappa shape index (κ3) is 2.39. The summed E-state index contributed by atoms with van der Waals surface area (Å²) in [6.45, 7) is 5.82. The highest BCUT2D eigenvalue weighted by atomic mass is 16.2. The Labute approximate surface area is 105 Å². The van der Waals surface area contributed by atoms with Crippen molar-refractivity contribution in [2.75, 3.05) is 5.32 Å². The zero-order chi connectivity index (χ0) is 13.3. The lowest BCUT2D eigenvalue weighted by atomic mass is 10.2. The van der Waals surface area contributed by atoms with Gasteiger partial charge in [0.1, 0.15) is 11.6 Å². The lowest BCUT2D eigenvalue weighted by Crippen LogP contribution is -2.16. The number of aromatic nitrogens is 5. The molecule has 7 heteroatoms. The number of H-pyrrole nitrogens is 1. The van der Waals surface area contributed by atoms with Gasteiger partial charge in [-0.05, 0) is 6.92 Å². The topological polar surface area (TPSA) is 88.5 Å². The van der Waals surface area contributed by atoms with E-state index >= 15 is 0 Å². The normalized spacial score (nSPS) is 10.9. The molecule has 0 aliphatic carbocycles. The van der Waals surface area contributed by atoms with Crippen molar-refractivity contribution in [3.63, 3.8) is 0 Å². The monoisotopic (exact) mass is 248 g/mol. The van der Waals surface area contributed by atoms with E-state index in [1.54, 1.807) is 17.8 Å². The number of aromatic amines is 1. The molecule has 0 aliphatic rings. The van der Waals surface area contributed by atoms with Crippen LogP contribution in [0.1, 0.15) is 41.9 Å². The van der Waals surface area contributed by atoms with Crippen molar-refractivity contribution < 1.29 is 4.79 Å². The smallest absolute Gasteiger partial charge is 0.296 e. The van der Waals surface area contributed by atoms with Crippen LogP contribution in [0.25, 0.3) is 0 Å². The van der Waals surface area contributed by atoms with E-state index < -0.39 is 0 Å². The number of amides is 1. The molecule has 18 heavy (non-hydrogen) atoms. The zero-order valence-electron chi connectivity index (χ0n) is 10.9. The van der Waals surface area contributed by atoms with Crippen LogP contribution < -0.4 is 5.32 Å². The summed E-state index contributed by atoms with van der Waals surface area (Å²) < 4.78 is 1.60. The number of hydrogen-bond donors (Lipinski definition) is 2. The molecule has 0 aliphatic heterocycles. The molecule has 2 N–H and O–H groups in total. The van der Waals surface area contributed by atoms with Crippen molar-refractivity contribution in [1.82, 2.24) is 25.0 Å². The second-order valence-corrected chi connectivity index (χ2v) is 4.45. The van der Waals surface area contributed by atoms with Crippen LogP contribution in [-0.2, 0) is 7.05 Å². The van der Waals surface area contributed by atoms with Gasteiger partial charge in [0.05, 0.1) is 5.69 Å². The van der Waals surface area contributed by atoms with Crippen molar-refractivity contribution in [2.24, 2.45) is 7.05 Å². The zero-order valence-corrected chi connectivity index (χ0v) is 10.9. The van der Waals surface area contributed by atoms with Crippen molar-refractivity contribution in [3.05, 3.63) is 23.4 Å². The Hall–Kier alpha value is -2.18. The predicted molar refractivity (Wildman–Crippen MR) is 66.4 cm³/mol. The molecule has 1 amide bonds. The van der Waals surface area contributed by atoms with Crippen molar-refractivity contribution in [2.45, 2.75) is 26.7 Å². The van der Waals surface area contributed by atoms with Gasteiger partial charge in [-0.3, -0.25) is 14.6 Å². The maximum Gasteiger partial charge on any atom is 0.296 e. The molecule has 2 heterocycles. The molecule has 0 radical (unpaired) electrons. The molecule has 96 valence electrons. The molecule has 0 aromatic carbocycles. The fourth-order valence-electron chi connectivity index (χ4n) is 1.53. The molecule has 0 saturated carbocycles. The lowest BCUT2D eigenvalue weighted by Gasteiger charge is -2.01.